The standard InChI is InChI=1S/C7H11N3S/c1-5-7(11-4-9-5)6(2)10-8-3/h4,8H,1-3H3/b10-6+. The van der Waals surface area contributed by atoms with Crippen molar-refractivity contribution >= 4 is 17.0 Å². The first kappa shape index (κ1) is 8.20. The zero-order chi connectivity index (χ0) is 8.27. The van der Waals surface area contributed by atoms with Crippen LogP contribution in [-0.4, -0.2) is 17.7 Å². The van der Waals surface area contributed by atoms with Gasteiger partial charge in [-0.05, 0) is 13.8 Å². The van der Waals surface area contributed by atoms with E-state index in [-0.39, 0.29) is 0 Å². The number of nitrogens with one attached hydrogen (secondary N) is 1. The van der Waals surface area contributed by atoms with Gasteiger partial charge in [0.05, 0.1) is 21.8 Å². The average molecular weight is 169 g/mol. The van der Waals surface area contributed by atoms with Gasteiger partial charge in [-0.25, -0.2) is 4.98 Å². The third-order valence-electron chi connectivity index (χ3n) is 1.35. The molecule has 0 aliphatic heterocycles. The molecular formula is C7H11N3S. The van der Waals surface area contributed by atoms with Crippen molar-refractivity contribution in [1.82, 2.24) is 10.4 Å². The first-order valence-corrected chi connectivity index (χ1v) is 4.25. The van der Waals surface area contributed by atoms with Crippen molar-refractivity contribution in [2.75, 3.05) is 7.05 Å². The summed E-state index contributed by atoms with van der Waals surface area (Å²) in [7, 11) is 1.79. The van der Waals surface area contributed by atoms with Crippen LogP contribution in [0, 0.1) is 6.92 Å². The fourth-order valence-electron chi connectivity index (χ4n) is 0.868. The van der Waals surface area contributed by atoms with Gasteiger partial charge in [-0.15, -0.1) is 11.3 Å². The van der Waals surface area contributed by atoms with Crippen LogP contribution in [0.4, 0.5) is 0 Å². The first-order chi connectivity index (χ1) is 5.25. The highest BCUT2D eigenvalue weighted by Crippen LogP contribution is 2.12. The normalized spacial score (nSPS) is 11.7. The largest absolute Gasteiger partial charge is 0.313 e. The minimum Gasteiger partial charge on any atom is -0.313 e. The number of aryl methyl sites for hydroxylation is 1. The minimum atomic E-state index is 0.993. The Morgan fingerprint density at radius 3 is 2.91 bits per heavy atom. The number of rotatable bonds is 2. The zero-order valence-corrected chi connectivity index (χ0v) is 7.70. The smallest absolute Gasteiger partial charge is 0.0801 e. The molecule has 0 unspecified atom stereocenters. The topological polar surface area (TPSA) is 37.3 Å². The third kappa shape index (κ3) is 1.77. The third-order valence-corrected chi connectivity index (χ3v) is 2.39. The van der Waals surface area contributed by atoms with Crippen molar-refractivity contribution in [2.24, 2.45) is 5.10 Å². The lowest BCUT2D eigenvalue weighted by Crippen LogP contribution is -2.02. The number of hydrogen-bond acceptors (Lipinski definition) is 4. The van der Waals surface area contributed by atoms with E-state index in [1.165, 1.54) is 0 Å². The van der Waals surface area contributed by atoms with Crippen LogP contribution in [-0.2, 0) is 0 Å². The molecule has 0 aliphatic carbocycles. The minimum absolute atomic E-state index is 0.993. The molecule has 1 heterocycles. The lowest BCUT2D eigenvalue weighted by molar-refractivity contribution is 0.900. The number of nitrogens with zero attached hydrogens (tertiary/aromatic N) is 2. The number of aromatic nitrogens is 1. The Balaban J connectivity index is 2.92. The Morgan fingerprint density at radius 2 is 2.45 bits per heavy atom. The van der Waals surface area contributed by atoms with Gasteiger partial charge in [0.25, 0.3) is 0 Å². The zero-order valence-electron chi connectivity index (χ0n) is 6.88. The summed E-state index contributed by atoms with van der Waals surface area (Å²) in [5, 5.41) is 4.06. The van der Waals surface area contributed by atoms with Gasteiger partial charge in [-0.1, -0.05) is 0 Å². The van der Waals surface area contributed by atoms with E-state index in [1.807, 2.05) is 19.4 Å². The molecule has 0 saturated heterocycles. The summed E-state index contributed by atoms with van der Waals surface area (Å²) in [4.78, 5) is 5.28. The highest BCUT2D eigenvalue weighted by molar-refractivity contribution is 7.12. The van der Waals surface area contributed by atoms with Crippen LogP contribution in [0.2, 0.25) is 0 Å². The second kappa shape index (κ2) is 3.48. The quantitative estimate of drug-likeness (QED) is 0.536. The van der Waals surface area contributed by atoms with Gasteiger partial charge in [0.2, 0.25) is 0 Å². The fraction of sp³-hybridized carbons (Fsp3) is 0.429. The molecule has 0 aliphatic rings. The Morgan fingerprint density at radius 1 is 1.73 bits per heavy atom. The fourth-order valence-corrected chi connectivity index (χ4v) is 1.62. The van der Waals surface area contributed by atoms with Crippen LogP contribution < -0.4 is 5.43 Å². The SMILES string of the molecule is CN/N=C(\C)c1scnc1C. The van der Waals surface area contributed by atoms with E-state index in [1.54, 1.807) is 18.4 Å². The predicted molar refractivity (Wildman–Crippen MR) is 48.1 cm³/mol. The van der Waals surface area contributed by atoms with Crippen LogP contribution in [0.25, 0.3) is 0 Å². The maximum Gasteiger partial charge on any atom is 0.0801 e. The van der Waals surface area contributed by atoms with Gasteiger partial charge in [0, 0.05) is 7.05 Å². The molecule has 11 heavy (non-hydrogen) atoms. The predicted octanol–water partition coefficient (Wildman–Crippen LogP) is 1.39. The Kier molecular flexibility index (Phi) is 2.59. The molecule has 1 aromatic heterocycles. The van der Waals surface area contributed by atoms with Crippen LogP contribution in [0.5, 0.6) is 0 Å². The van der Waals surface area contributed by atoms with Crippen molar-refractivity contribution in [1.29, 1.82) is 0 Å². The molecule has 3 nitrogen and oxygen atoms in total. The van der Waals surface area contributed by atoms with E-state index in [0.29, 0.717) is 0 Å². The number of hydrogen-bond donors (Lipinski definition) is 1. The Labute approximate surface area is 70.2 Å². The Bertz CT molecular complexity index is 264. The summed E-state index contributed by atoms with van der Waals surface area (Å²) in [6.45, 7) is 3.96. The van der Waals surface area contributed by atoms with Crippen LogP contribution in [0.3, 0.4) is 0 Å². The van der Waals surface area contributed by atoms with E-state index in [4.69, 9.17) is 0 Å². The molecule has 0 atom stereocenters. The molecule has 0 saturated carbocycles. The summed E-state index contributed by atoms with van der Waals surface area (Å²) in [6, 6.07) is 0. The molecule has 0 spiro atoms. The monoisotopic (exact) mass is 169 g/mol. The summed E-state index contributed by atoms with van der Waals surface area (Å²) in [5.41, 5.74) is 6.62. The van der Waals surface area contributed by atoms with Gasteiger partial charge in [0.1, 0.15) is 0 Å². The van der Waals surface area contributed by atoms with Crippen molar-refractivity contribution in [3.05, 3.63) is 16.1 Å². The molecule has 4 heteroatoms. The summed E-state index contributed by atoms with van der Waals surface area (Å²) in [6.07, 6.45) is 0. The molecular weight excluding hydrogens is 158 g/mol. The van der Waals surface area contributed by atoms with Gasteiger partial charge < -0.3 is 5.43 Å². The van der Waals surface area contributed by atoms with Crippen molar-refractivity contribution in [2.45, 2.75) is 13.8 Å². The molecule has 0 radical (unpaired) electrons. The highest BCUT2D eigenvalue weighted by atomic mass is 32.1. The van der Waals surface area contributed by atoms with Crippen LogP contribution in [0.15, 0.2) is 10.6 Å². The lowest BCUT2D eigenvalue weighted by atomic mass is 10.3. The van der Waals surface area contributed by atoms with Gasteiger partial charge >= 0.3 is 0 Å². The second-order valence-corrected chi connectivity index (χ2v) is 3.04. The van der Waals surface area contributed by atoms with Crippen molar-refractivity contribution in [3.8, 4) is 0 Å². The second-order valence-electron chi connectivity index (χ2n) is 2.19. The number of thiazole rings is 1. The molecule has 0 amide bonds. The van der Waals surface area contributed by atoms with Crippen LogP contribution >= 0.6 is 11.3 Å². The number of hydrazone groups is 1. The van der Waals surface area contributed by atoms with Crippen molar-refractivity contribution < 1.29 is 0 Å². The van der Waals surface area contributed by atoms with E-state index in [2.05, 4.69) is 15.5 Å². The molecule has 0 bridgehead atoms. The van der Waals surface area contributed by atoms with E-state index >= 15 is 0 Å². The van der Waals surface area contributed by atoms with E-state index in [0.717, 1.165) is 16.3 Å². The summed E-state index contributed by atoms with van der Waals surface area (Å²) in [5.74, 6) is 0. The Hall–Kier alpha value is -0.900. The van der Waals surface area contributed by atoms with E-state index in [9.17, 15) is 0 Å². The maximum absolute atomic E-state index is 4.13. The average Bonchev–Trinajstić information content (AvgIpc) is 2.36. The summed E-state index contributed by atoms with van der Waals surface area (Å²) >= 11 is 1.62. The molecule has 1 N–H and O–H groups in total. The highest BCUT2D eigenvalue weighted by Gasteiger charge is 2.03. The maximum atomic E-state index is 4.13. The lowest BCUT2D eigenvalue weighted by Gasteiger charge is -1.95. The van der Waals surface area contributed by atoms with E-state index < -0.39 is 0 Å². The molecule has 0 aromatic carbocycles. The molecule has 1 rings (SSSR count). The molecule has 60 valence electrons. The van der Waals surface area contributed by atoms with Gasteiger partial charge in [-0.2, -0.15) is 5.10 Å². The van der Waals surface area contributed by atoms with Gasteiger partial charge in [-0.3, -0.25) is 0 Å². The molecule has 1 aromatic rings. The van der Waals surface area contributed by atoms with Gasteiger partial charge in [0.15, 0.2) is 0 Å². The summed E-state index contributed by atoms with van der Waals surface area (Å²) < 4.78 is 0. The van der Waals surface area contributed by atoms with Crippen molar-refractivity contribution in [3.63, 3.8) is 0 Å². The first-order valence-electron chi connectivity index (χ1n) is 3.37. The molecule has 0 fully saturated rings. The van der Waals surface area contributed by atoms with Crippen LogP contribution in [0.1, 0.15) is 17.5 Å².